The maximum absolute atomic E-state index is 13.0. The van der Waals surface area contributed by atoms with Crippen molar-refractivity contribution in [2.75, 3.05) is 6.61 Å². The number of hydrogen-bond acceptors (Lipinski definition) is 7. The molecular formula is C32H40N2O7S. The third kappa shape index (κ3) is 8.13. The van der Waals surface area contributed by atoms with E-state index in [9.17, 15) is 27.6 Å². The Kier molecular flexibility index (Phi) is 11.0. The summed E-state index contributed by atoms with van der Waals surface area (Å²) in [6.45, 7) is 2.12. The lowest BCUT2D eigenvalue weighted by Crippen LogP contribution is -2.54. The number of piperidine rings is 1. The number of unbranched alkanes of at least 4 members (excludes halogenated alkanes) is 9. The fourth-order valence-electron chi connectivity index (χ4n) is 5.46. The Balaban J connectivity index is 1.05. The van der Waals surface area contributed by atoms with Crippen molar-refractivity contribution < 1.29 is 31.8 Å². The van der Waals surface area contributed by atoms with Gasteiger partial charge in [0.1, 0.15) is 6.04 Å². The Morgan fingerprint density at radius 1 is 0.786 bits per heavy atom. The van der Waals surface area contributed by atoms with Crippen molar-refractivity contribution in [2.45, 2.75) is 101 Å². The molecule has 0 bridgehead atoms. The summed E-state index contributed by atoms with van der Waals surface area (Å²) in [5.74, 6) is -1.93. The van der Waals surface area contributed by atoms with Gasteiger partial charge in [0, 0.05) is 6.42 Å². The summed E-state index contributed by atoms with van der Waals surface area (Å²) < 4.78 is 29.5. The van der Waals surface area contributed by atoms with E-state index in [1.807, 2.05) is 13.0 Å². The van der Waals surface area contributed by atoms with E-state index in [2.05, 4.69) is 5.32 Å². The average Bonchev–Trinajstić information content (AvgIpc) is 3.20. The van der Waals surface area contributed by atoms with Crippen LogP contribution in [0.5, 0.6) is 0 Å². The SMILES string of the molecule is Cc1ccc(S(=O)(=O)OCCCCCCCCCCCCc2ccc3c(c2)C(=O)N(C2CCC(=O)NC2=O)C3=O)cc1. The molecule has 0 aromatic heterocycles. The highest BCUT2D eigenvalue weighted by atomic mass is 32.2. The summed E-state index contributed by atoms with van der Waals surface area (Å²) in [7, 11) is -3.68. The Hall–Kier alpha value is -3.37. The predicted molar refractivity (Wildman–Crippen MR) is 157 cm³/mol. The van der Waals surface area contributed by atoms with Crippen molar-refractivity contribution in [2.24, 2.45) is 0 Å². The summed E-state index contributed by atoms with van der Waals surface area (Å²) >= 11 is 0. The second-order valence-corrected chi connectivity index (χ2v) is 12.8. The molecule has 2 aliphatic heterocycles. The summed E-state index contributed by atoms with van der Waals surface area (Å²) in [6, 6.07) is 11.0. The van der Waals surface area contributed by atoms with Gasteiger partial charge in [-0.05, 0) is 62.4 Å². The second kappa shape index (κ2) is 14.7. The van der Waals surface area contributed by atoms with Gasteiger partial charge in [0.15, 0.2) is 0 Å². The van der Waals surface area contributed by atoms with Gasteiger partial charge >= 0.3 is 0 Å². The minimum atomic E-state index is -3.68. The lowest BCUT2D eigenvalue weighted by molar-refractivity contribution is -0.136. The lowest BCUT2D eigenvalue weighted by atomic mass is 10.0. The van der Waals surface area contributed by atoms with Crippen LogP contribution in [-0.2, 0) is 30.3 Å². The maximum atomic E-state index is 13.0. The first-order valence-electron chi connectivity index (χ1n) is 15.0. The Bertz CT molecular complexity index is 1400. The van der Waals surface area contributed by atoms with Crippen LogP contribution in [0.3, 0.4) is 0 Å². The summed E-state index contributed by atoms with van der Waals surface area (Å²) in [4.78, 5) is 50.7. The number of nitrogens with one attached hydrogen (secondary N) is 1. The Morgan fingerprint density at radius 2 is 1.38 bits per heavy atom. The number of carbonyl (C=O) groups is 4. The van der Waals surface area contributed by atoms with Crippen LogP contribution in [0.25, 0.3) is 0 Å². The molecule has 10 heteroatoms. The van der Waals surface area contributed by atoms with Gasteiger partial charge in [-0.2, -0.15) is 8.42 Å². The van der Waals surface area contributed by atoms with Crippen LogP contribution in [0.1, 0.15) is 109 Å². The third-order valence-electron chi connectivity index (χ3n) is 7.91. The highest BCUT2D eigenvalue weighted by Gasteiger charge is 2.44. The normalized spacial score (nSPS) is 17.1. The summed E-state index contributed by atoms with van der Waals surface area (Å²) in [5.41, 5.74) is 2.65. The zero-order chi connectivity index (χ0) is 30.1. The molecule has 0 radical (unpaired) electrons. The molecule has 42 heavy (non-hydrogen) atoms. The van der Waals surface area contributed by atoms with Crippen LogP contribution in [-0.4, -0.2) is 49.6 Å². The molecule has 9 nitrogen and oxygen atoms in total. The molecule has 0 spiro atoms. The number of fused-ring (bicyclic) bond motifs is 1. The minimum absolute atomic E-state index is 0.105. The van der Waals surface area contributed by atoms with Crippen molar-refractivity contribution >= 4 is 33.7 Å². The van der Waals surface area contributed by atoms with E-state index in [1.54, 1.807) is 36.4 Å². The molecule has 1 fully saturated rings. The zero-order valence-electron chi connectivity index (χ0n) is 24.2. The van der Waals surface area contributed by atoms with Crippen LogP contribution in [0, 0.1) is 6.92 Å². The smallest absolute Gasteiger partial charge is 0.295 e. The van der Waals surface area contributed by atoms with Crippen LogP contribution in [0.15, 0.2) is 47.4 Å². The molecule has 0 aliphatic carbocycles. The molecule has 4 amide bonds. The number of nitrogens with zero attached hydrogens (tertiary/aromatic N) is 1. The Labute approximate surface area is 248 Å². The van der Waals surface area contributed by atoms with Crippen molar-refractivity contribution in [1.82, 2.24) is 10.2 Å². The molecule has 226 valence electrons. The number of hydrogen-bond donors (Lipinski definition) is 1. The largest absolute Gasteiger partial charge is 0.296 e. The molecule has 2 aromatic carbocycles. The fraction of sp³-hybridized carbons (Fsp3) is 0.500. The first-order chi connectivity index (χ1) is 20.2. The summed E-state index contributed by atoms with van der Waals surface area (Å²) in [5, 5.41) is 2.21. The van der Waals surface area contributed by atoms with Gasteiger partial charge in [-0.1, -0.05) is 75.1 Å². The van der Waals surface area contributed by atoms with Gasteiger partial charge in [0.25, 0.3) is 21.9 Å². The topological polar surface area (TPSA) is 127 Å². The van der Waals surface area contributed by atoms with Crippen molar-refractivity contribution in [3.05, 3.63) is 64.7 Å². The number of aryl methyl sites for hydroxylation is 2. The molecular weight excluding hydrogens is 556 g/mol. The molecule has 4 rings (SSSR count). The molecule has 1 saturated heterocycles. The van der Waals surface area contributed by atoms with Crippen LogP contribution < -0.4 is 5.32 Å². The number of amides is 4. The van der Waals surface area contributed by atoms with Crippen molar-refractivity contribution in [3.8, 4) is 0 Å². The van der Waals surface area contributed by atoms with E-state index in [-0.39, 0.29) is 30.3 Å². The van der Waals surface area contributed by atoms with E-state index >= 15 is 0 Å². The standard InChI is InChI=1S/C32H40N2O7S/c1-23-13-16-25(17-14-23)42(39,40)41-21-11-9-7-5-3-2-4-6-8-10-12-24-15-18-26-27(22-24)32(38)34(31(26)37)28-19-20-29(35)33-30(28)36/h13-18,22,28H,2-12,19-21H2,1H3,(H,33,35,36). The van der Waals surface area contributed by atoms with Gasteiger partial charge in [-0.15, -0.1) is 0 Å². The number of carbonyl (C=O) groups excluding carboxylic acids is 4. The van der Waals surface area contributed by atoms with Gasteiger partial charge in [-0.25, -0.2) is 0 Å². The first-order valence-corrected chi connectivity index (χ1v) is 16.4. The van der Waals surface area contributed by atoms with Crippen LogP contribution >= 0.6 is 0 Å². The number of benzene rings is 2. The highest BCUT2D eigenvalue weighted by Crippen LogP contribution is 2.29. The first kappa shape index (κ1) is 31.6. The quantitative estimate of drug-likeness (QED) is 0.159. The van der Waals surface area contributed by atoms with E-state index in [0.717, 1.165) is 80.2 Å². The molecule has 2 aliphatic rings. The van der Waals surface area contributed by atoms with Crippen molar-refractivity contribution in [3.63, 3.8) is 0 Å². The highest BCUT2D eigenvalue weighted by molar-refractivity contribution is 7.86. The van der Waals surface area contributed by atoms with Gasteiger partial charge in [0.05, 0.1) is 22.6 Å². The van der Waals surface area contributed by atoms with E-state index in [1.165, 1.54) is 6.42 Å². The van der Waals surface area contributed by atoms with Gasteiger partial charge in [-0.3, -0.25) is 33.6 Å². The summed E-state index contributed by atoms with van der Waals surface area (Å²) in [6.07, 6.45) is 11.6. The third-order valence-corrected chi connectivity index (χ3v) is 9.24. The molecule has 0 saturated carbocycles. The number of imide groups is 2. The van der Waals surface area contributed by atoms with Gasteiger partial charge in [0.2, 0.25) is 11.8 Å². The minimum Gasteiger partial charge on any atom is -0.295 e. The monoisotopic (exact) mass is 596 g/mol. The number of rotatable bonds is 16. The van der Waals surface area contributed by atoms with Gasteiger partial charge < -0.3 is 0 Å². The van der Waals surface area contributed by atoms with E-state index in [0.29, 0.717) is 11.1 Å². The predicted octanol–water partition coefficient (Wildman–Crippen LogP) is 5.25. The zero-order valence-corrected chi connectivity index (χ0v) is 25.0. The molecule has 1 atom stereocenters. The van der Waals surface area contributed by atoms with Crippen LogP contribution in [0.2, 0.25) is 0 Å². The average molecular weight is 597 g/mol. The molecule has 2 aromatic rings. The Morgan fingerprint density at radius 3 is 2.02 bits per heavy atom. The fourth-order valence-corrected chi connectivity index (χ4v) is 6.40. The molecule has 1 unspecified atom stereocenters. The van der Waals surface area contributed by atoms with E-state index < -0.39 is 33.9 Å². The second-order valence-electron chi connectivity index (χ2n) is 11.2. The van der Waals surface area contributed by atoms with Crippen molar-refractivity contribution in [1.29, 1.82) is 0 Å². The molecule has 2 heterocycles. The molecule has 1 N–H and O–H groups in total. The lowest BCUT2D eigenvalue weighted by Gasteiger charge is -2.27. The maximum Gasteiger partial charge on any atom is 0.296 e. The van der Waals surface area contributed by atoms with E-state index in [4.69, 9.17) is 4.18 Å². The van der Waals surface area contributed by atoms with Crippen LogP contribution in [0.4, 0.5) is 0 Å².